The van der Waals surface area contributed by atoms with E-state index in [1.54, 1.807) is 49.8 Å². The van der Waals surface area contributed by atoms with Crippen LogP contribution in [0.1, 0.15) is 105 Å². The van der Waals surface area contributed by atoms with Gasteiger partial charge in [-0.2, -0.15) is 0 Å². The number of carbonyl (C=O) groups excluding carboxylic acids is 6. The molecule has 0 radical (unpaired) electrons. The molecule has 0 bridgehead atoms. The number of benzene rings is 2. The Labute approximate surface area is 401 Å². The summed E-state index contributed by atoms with van der Waals surface area (Å²) in [5.74, 6) is -2.41. The van der Waals surface area contributed by atoms with E-state index < -0.39 is 54.3 Å². The molecule has 1 aliphatic rings. The first kappa shape index (κ1) is 56.5. The minimum absolute atomic E-state index is 0.0183. The molecule has 3 rings (SSSR count). The predicted molar refractivity (Wildman–Crippen MR) is 262 cm³/mol. The van der Waals surface area contributed by atoms with Gasteiger partial charge in [-0.25, -0.2) is 4.79 Å². The summed E-state index contributed by atoms with van der Waals surface area (Å²) in [6.45, 7) is 14.6. The molecule has 67 heavy (non-hydrogen) atoms. The Morgan fingerprint density at radius 1 is 0.821 bits per heavy atom. The van der Waals surface area contributed by atoms with Crippen LogP contribution in [-0.4, -0.2) is 148 Å². The summed E-state index contributed by atoms with van der Waals surface area (Å²) >= 11 is 0. The molecule has 15 nitrogen and oxygen atoms in total. The van der Waals surface area contributed by atoms with E-state index in [9.17, 15) is 28.8 Å². The number of anilines is 1. The summed E-state index contributed by atoms with van der Waals surface area (Å²) in [5, 5.41) is 5.86. The number of rotatable bonds is 27. The van der Waals surface area contributed by atoms with Crippen molar-refractivity contribution in [2.45, 2.75) is 149 Å². The van der Waals surface area contributed by atoms with Crippen LogP contribution in [0.4, 0.5) is 5.69 Å². The molecule has 5 amide bonds. The van der Waals surface area contributed by atoms with Crippen LogP contribution in [0.25, 0.3) is 0 Å². The van der Waals surface area contributed by atoms with Crippen molar-refractivity contribution in [3.63, 3.8) is 0 Å². The second-order valence-electron chi connectivity index (χ2n) is 18.7. The van der Waals surface area contributed by atoms with Crippen LogP contribution in [0, 0.1) is 17.8 Å². The summed E-state index contributed by atoms with van der Waals surface area (Å²) in [6.07, 6.45) is 3.97. The highest BCUT2D eigenvalue weighted by molar-refractivity contribution is 5.93. The molecular weight excluding hydrogens is 853 g/mol. The third-order valence-corrected chi connectivity index (χ3v) is 13.6. The van der Waals surface area contributed by atoms with Crippen molar-refractivity contribution in [3.05, 3.63) is 65.7 Å². The van der Waals surface area contributed by atoms with Crippen molar-refractivity contribution >= 4 is 41.2 Å². The van der Waals surface area contributed by atoms with E-state index in [4.69, 9.17) is 14.2 Å². The second kappa shape index (κ2) is 27.8. The third-order valence-electron chi connectivity index (χ3n) is 13.6. The van der Waals surface area contributed by atoms with Gasteiger partial charge in [0.1, 0.15) is 12.1 Å². The Morgan fingerprint density at radius 3 is 2.04 bits per heavy atom. The lowest BCUT2D eigenvalue weighted by Gasteiger charge is -2.40. The zero-order chi connectivity index (χ0) is 50.0. The maximum Gasteiger partial charge on any atom is 0.328 e. The molecule has 374 valence electrons. The highest BCUT2D eigenvalue weighted by atomic mass is 16.5. The quantitative estimate of drug-likeness (QED) is 0.107. The molecule has 2 N–H and O–H groups in total. The highest BCUT2D eigenvalue weighted by Crippen LogP contribution is 2.30. The first-order chi connectivity index (χ1) is 31.8. The molecule has 2 aromatic carbocycles. The molecule has 0 spiro atoms. The maximum atomic E-state index is 14.3. The second-order valence-corrected chi connectivity index (χ2v) is 18.7. The Balaban J connectivity index is 1.68. The Hall–Kier alpha value is -4.86. The van der Waals surface area contributed by atoms with Crippen LogP contribution in [-0.2, 0) is 55.8 Å². The third kappa shape index (κ3) is 15.9. The fourth-order valence-corrected chi connectivity index (χ4v) is 9.44. The van der Waals surface area contributed by atoms with Crippen LogP contribution in [0.15, 0.2) is 54.6 Å². The molecular formula is C52H82N6O9. The molecule has 0 unspecified atom stereocenters. The lowest BCUT2D eigenvalue weighted by atomic mass is 9.90. The normalized spacial score (nSPS) is 17.4. The fraction of sp³-hybridized carbons (Fsp3) is 0.654. The SMILES string of the molecule is CCCCC(=O)N(C)c1ccc(CCN(C)[C@H](C(=O)N[C@@H](C)C(=O)N(C)[C@@H]([C@@H](C)CC)[C@@H](CC(=O)N2CCC[C@H]2[C@H](OC)[C@@H](C)C(=O)N[C@@H](Cc2ccccc2)C(=O)OC)OC)C(C)C)cc1. The van der Waals surface area contributed by atoms with E-state index in [0.29, 0.717) is 45.2 Å². The van der Waals surface area contributed by atoms with Gasteiger partial charge in [0.2, 0.25) is 29.5 Å². The topological polar surface area (TPSA) is 167 Å². The average molecular weight is 935 g/mol. The van der Waals surface area contributed by atoms with Crippen molar-refractivity contribution in [1.82, 2.24) is 25.3 Å². The van der Waals surface area contributed by atoms with E-state index in [1.807, 2.05) is 94.2 Å². The summed E-state index contributed by atoms with van der Waals surface area (Å²) < 4.78 is 17.0. The molecule has 0 aromatic heterocycles. The fourth-order valence-electron chi connectivity index (χ4n) is 9.44. The van der Waals surface area contributed by atoms with Gasteiger partial charge in [-0.1, -0.05) is 96.8 Å². The number of hydrogen-bond donors (Lipinski definition) is 2. The smallest absolute Gasteiger partial charge is 0.328 e. The number of carbonyl (C=O) groups is 6. The number of esters is 1. The van der Waals surface area contributed by atoms with Crippen molar-refractivity contribution in [1.29, 1.82) is 0 Å². The van der Waals surface area contributed by atoms with Crippen LogP contribution in [0.5, 0.6) is 0 Å². The van der Waals surface area contributed by atoms with E-state index in [-0.39, 0.29) is 54.2 Å². The van der Waals surface area contributed by atoms with Gasteiger partial charge in [-0.3, -0.25) is 28.9 Å². The molecule has 1 saturated heterocycles. The van der Waals surface area contributed by atoms with E-state index in [2.05, 4.69) is 17.6 Å². The lowest BCUT2D eigenvalue weighted by Crippen LogP contribution is -2.58. The molecule has 1 aliphatic heterocycles. The minimum Gasteiger partial charge on any atom is -0.467 e. The Kier molecular flexibility index (Phi) is 23.5. The summed E-state index contributed by atoms with van der Waals surface area (Å²) in [6, 6.07) is 14.1. The molecule has 0 aliphatic carbocycles. The van der Waals surface area contributed by atoms with Crippen LogP contribution in [0.3, 0.4) is 0 Å². The molecule has 1 heterocycles. The number of amides is 5. The summed E-state index contributed by atoms with van der Waals surface area (Å²) in [4.78, 5) is 88.6. The first-order valence-corrected chi connectivity index (χ1v) is 24.2. The Morgan fingerprint density at radius 2 is 1.48 bits per heavy atom. The zero-order valence-electron chi connectivity index (χ0n) is 42.7. The van der Waals surface area contributed by atoms with E-state index in [1.165, 1.54) is 14.2 Å². The highest BCUT2D eigenvalue weighted by Gasteiger charge is 2.43. The van der Waals surface area contributed by atoms with Gasteiger partial charge in [0, 0.05) is 59.9 Å². The van der Waals surface area contributed by atoms with Crippen molar-refractivity contribution in [2.24, 2.45) is 17.8 Å². The van der Waals surface area contributed by atoms with Crippen LogP contribution < -0.4 is 15.5 Å². The number of likely N-dealkylation sites (tertiary alicyclic amines) is 1. The van der Waals surface area contributed by atoms with Crippen molar-refractivity contribution in [2.75, 3.05) is 60.5 Å². The summed E-state index contributed by atoms with van der Waals surface area (Å²) in [5.41, 5.74) is 2.80. The molecule has 2 aromatic rings. The predicted octanol–water partition coefficient (Wildman–Crippen LogP) is 5.66. The standard InChI is InChI=1S/C52H82N6O9/c1-14-16-24-44(59)56(9)40-27-25-38(26-28-40)29-31-55(8)46(34(3)4)50(62)53-37(7)51(63)57(10)47(35(5)15-2)43(65-11)33-45(60)58-30-20-23-42(58)48(66-12)36(6)49(61)54-41(52(64)67-13)32-39-21-18-17-19-22-39/h17-19,21-22,25-28,34-37,41-43,46-48H,14-16,20,23-24,29-33H2,1-13H3,(H,53,62)(H,54,61)/t35-,36+,37-,41-,42-,43+,46-,47-,48+/m0/s1. The van der Waals surface area contributed by atoms with E-state index in [0.717, 1.165) is 29.7 Å². The van der Waals surface area contributed by atoms with Gasteiger partial charge in [0.25, 0.3) is 0 Å². The van der Waals surface area contributed by atoms with Crippen molar-refractivity contribution < 1.29 is 43.0 Å². The molecule has 9 atom stereocenters. The van der Waals surface area contributed by atoms with Crippen LogP contribution in [0.2, 0.25) is 0 Å². The maximum absolute atomic E-state index is 14.3. The number of ether oxygens (including phenoxy) is 3. The first-order valence-electron chi connectivity index (χ1n) is 24.2. The van der Waals surface area contributed by atoms with Gasteiger partial charge in [-0.05, 0) is 74.8 Å². The van der Waals surface area contributed by atoms with Gasteiger partial charge >= 0.3 is 5.97 Å². The number of unbranched alkanes of at least 4 members (excludes halogenated alkanes) is 1. The Bertz CT molecular complexity index is 1880. The number of methoxy groups -OCH3 is 3. The van der Waals surface area contributed by atoms with Gasteiger partial charge < -0.3 is 39.5 Å². The molecule has 1 fully saturated rings. The van der Waals surface area contributed by atoms with Gasteiger partial charge in [0.05, 0.1) is 49.8 Å². The number of hydrogen-bond acceptors (Lipinski definition) is 10. The lowest BCUT2D eigenvalue weighted by molar-refractivity contribution is -0.148. The number of likely N-dealkylation sites (N-methyl/N-ethyl adjacent to an activating group) is 2. The largest absolute Gasteiger partial charge is 0.467 e. The number of nitrogens with one attached hydrogen (secondary N) is 2. The van der Waals surface area contributed by atoms with E-state index >= 15 is 0 Å². The summed E-state index contributed by atoms with van der Waals surface area (Å²) in [7, 11) is 9.77. The number of nitrogens with zero attached hydrogens (tertiary/aromatic N) is 4. The minimum atomic E-state index is -0.905. The molecule has 15 heteroatoms. The zero-order valence-corrected chi connectivity index (χ0v) is 42.7. The monoisotopic (exact) mass is 935 g/mol. The van der Waals surface area contributed by atoms with Crippen molar-refractivity contribution in [3.8, 4) is 0 Å². The average Bonchev–Trinajstić information content (AvgIpc) is 3.81. The van der Waals surface area contributed by atoms with Crippen LogP contribution >= 0.6 is 0 Å². The molecule has 0 saturated carbocycles. The van der Waals surface area contributed by atoms with Gasteiger partial charge in [-0.15, -0.1) is 0 Å². The van der Waals surface area contributed by atoms with Gasteiger partial charge in [0.15, 0.2) is 0 Å².